The summed E-state index contributed by atoms with van der Waals surface area (Å²) < 4.78 is 11.7. The van der Waals surface area contributed by atoms with Crippen molar-refractivity contribution in [2.75, 3.05) is 0 Å². The van der Waals surface area contributed by atoms with Crippen LogP contribution in [0.4, 0.5) is 0 Å². The van der Waals surface area contributed by atoms with Crippen LogP contribution in [0.15, 0.2) is 72.3 Å². The lowest BCUT2D eigenvalue weighted by molar-refractivity contribution is -0.149. The smallest absolute Gasteiger partial charge is 0.313 e. The van der Waals surface area contributed by atoms with Gasteiger partial charge >= 0.3 is 5.97 Å². The molecule has 0 fully saturated rings. The average molecular weight is 427 g/mol. The molecule has 3 aromatic carbocycles. The Morgan fingerprint density at radius 2 is 1.62 bits per heavy atom. The first kappa shape index (κ1) is 21.9. The van der Waals surface area contributed by atoms with Crippen molar-refractivity contribution in [2.24, 2.45) is 11.8 Å². The molecule has 3 aromatic rings. The zero-order valence-electron chi connectivity index (χ0n) is 19.2. The van der Waals surface area contributed by atoms with Gasteiger partial charge in [-0.15, -0.1) is 0 Å². The first-order valence-electron chi connectivity index (χ1n) is 11.2. The molecule has 1 unspecified atom stereocenters. The van der Waals surface area contributed by atoms with Crippen LogP contribution in [0.3, 0.4) is 0 Å². The van der Waals surface area contributed by atoms with Crippen LogP contribution in [0.2, 0.25) is 0 Å². The molecule has 164 valence electrons. The Hall–Kier alpha value is -3.33. The third-order valence-corrected chi connectivity index (χ3v) is 6.07. The van der Waals surface area contributed by atoms with Crippen LogP contribution in [0.5, 0.6) is 11.5 Å². The Kier molecular flexibility index (Phi) is 6.45. The first-order valence-corrected chi connectivity index (χ1v) is 11.2. The van der Waals surface area contributed by atoms with E-state index in [0.717, 1.165) is 29.1 Å². The van der Waals surface area contributed by atoms with Gasteiger partial charge in [-0.25, -0.2) is 0 Å². The highest BCUT2D eigenvalue weighted by atomic mass is 16.5. The SMILES string of the molecule is Cc1cc2c(cc1C)CC(C(C(=O)OCc1cccc(Oc3ccccc3)c1)C(C)C)=C2. The third-order valence-electron chi connectivity index (χ3n) is 6.07. The average Bonchev–Trinajstić information content (AvgIpc) is 3.15. The Labute approximate surface area is 190 Å². The molecule has 1 aliphatic rings. The first-order chi connectivity index (χ1) is 15.4. The molecule has 1 atom stereocenters. The van der Waals surface area contributed by atoms with Gasteiger partial charge in [0, 0.05) is 0 Å². The summed E-state index contributed by atoms with van der Waals surface area (Å²) in [6.07, 6.45) is 3.00. The number of carbonyl (C=O) groups excluding carboxylic acids is 1. The van der Waals surface area contributed by atoms with Gasteiger partial charge in [0.15, 0.2) is 0 Å². The second-order valence-corrected chi connectivity index (χ2v) is 8.92. The summed E-state index contributed by atoms with van der Waals surface area (Å²) in [6.45, 7) is 8.66. The normalized spacial score (nSPS) is 13.5. The fourth-order valence-electron chi connectivity index (χ4n) is 4.28. The molecule has 0 radical (unpaired) electrons. The number of rotatable bonds is 7. The van der Waals surface area contributed by atoms with Gasteiger partial charge in [0.1, 0.15) is 18.1 Å². The topological polar surface area (TPSA) is 35.5 Å². The van der Waals surface area contributed by atoms with Crippen LogP contribution in [0.1, 0.15) is 41.7 Å². The summed E-state index contributed by atoms with van der Waals surface area (Å²) in [5, 5.41) is 0. The summed E-state index contributed by atoms with van der Waals surface area (Å²) in [6, 6.07) is 21.8. The summed E-state index contributed by atoms with van der Waals surface area (Å²) in [4.78, 5) is 13.1. The highest BCUT2D eigenvalue weighted by Gasteiger charge is 2.30. The van der Waals surface area contributed by atoms with E-state index in [1.165, 1.54) is 22.3 Å². The van der Waals surface area contributed by atoms with Crippen molar-refractivity contribution in [1.29, 1.82) is 0 Å². The maximum atomic E-state index is 13.1. The van der Waals surface area contributed by atoms with Crippen LogP contribution >= 0.6 is 0 Å². The van der Waals surface area contributed by atoms with Gasteiger partial charge in [-0.05, 0) is 78.3 Å². The molecule has 0 saturated heterocycles. The maximum Gasteiger partial charge on any atom is 0.313 e. The predicted molar refractivity (Wildman–Crippen MR) is 129 cm³/mol. The van der Waals surface area contributed by atoms with E-state index in [2.05, 4.69) is 45.9 Å². The molecule has 32 heavy (non-hydrogen) atoms. The molecule has 3 heteroatoms. The minimum absolute atomic E-state index is 0.165. The molecule has 0 aliphatic heterocycles. The van der Waals surface area contributed by atoms with E-state index in [4.69, 9.17) is 9.47 Å². The van der Waals surface area contributed by atoms with E-state index >= 15 is 0 Å². The number of benzene rings is 3. The molecular formula is C29H30O3. The molecule has 0 aromatic heterocycles. The zero-order valence-corrected chi connectivity index (χ0v) is 19.2. The third kappa shape index (κ3) is 4.94. The van der Waals surface area contributed by atoms with Crippen LogP contribution in [0.25, 0.3) is 6.08 Å². The molecular weight excluding hydrogens is 396 g/mol. The Bertz CT molecular complexity index is 1140. The number of carbonyl (C=O) groups is 1. The van der Waals surface area contributed by atoms with Crippen molar-refractivity contribution < 1.29 is 14.3 Å². The molecule has 1 aliphatic carbocycles. The van der Waals surface area contributed by atoms with Gasteiger partial charge in [0.05, 0.1) is 5.92 Å². The van der Waals surface area contributed by atoms with Crippen LogP contribution in [-0.4, -0.2) is 5.97 Å². The molecule has 3 nitrogen and oxygen atoms in total. The summed E-state index contributed by atoms with van der Waals surface area (Å²) in [7, 11) is 0. The van der Waals surface area contributed by atoms with Crippen molar-refractivity contribution in [1.82, 2.24) is 0 Å². The molecule has 0 heterocycles. The van der Waals surface area contributed by atoms with Crippen LogP contribution in [-0.2, 0) is 22.6 Å². The summed E-state index contributed by atoms with van der Waals surface area (Å²) in [5.41, 5.74) is 7.15. The fraction of sp³-hybridized carbons (Fsp3) is 0.276. The lowest BCUT2D eigenvalue weighted by Crippen LogP contribution is -2.25. The standard InChI is InChI=1S/C29H30O3/c1-19(2)28(25-16-23-13-20(3)21(4)14-24(23)17-25)29(30)31-18-22-9-8-12-27(15-22)32-26-10-6-5-7-11-26/h5-16,19,28H,17-18H2,1-4H3. The molecule has 0 spiro atoms. The molecule has 0 N–H and O–H groups in total. The van der Waals surface area contributed by atoms with E-state index < -0.39 is 0 Å². The van der Waals surface area contributed by atoms with Crippen molar-refractivity contribution >= 4 is 12.0 Å². The minimum atomic E-state index is -0.244. The summed E-state index contributed by atoms with van der Waals surface area (Å²) >= 11 is 0. The second-order valence-electron chi connectivity index (χ2n) is 8.92. The van der Waals surface area contributed by atoms with Crippen molar-refractivity contribution in [3.8, 4) is 11.5 Å². The quantitative estimate of drug-likeness (QED) is 0.380. The summed E-state index contributed by atoms with van der Waals surface area (Å²) in [5.74, 6) is 1.26. The number of aryl methyl sites for hydroxylation is 2. The van der Waals surface area contributed by atoms with Crippen molar-refractivity contribution in [3.63, 3.8) is 0 Å². The van der Waals surface area contributed by atoms with E-state index in [1.54, 1.807) is 0 Å². The Morgan fingerprint density at radius 1 is 0.906 bits per heavy atom. The van der Waals surface area contributed by atoms with E-state index in [9.17, 15) is 4.79 Å². The van der Waals surface area contributed by atoms with Crippen molar-refractivity contribution in [3.05, 3.63) is 100 Å². The fourth-order valence-corrected chi connectivity index (χ4v) is 4.28. The highest BCUT2D eigenvalue weighted by Crippen LogP contribution is 2.35. The van der Waals surface area contributed by atoms with E-state index in [0.29, 0.717) is 0 Å². The molecule has 0 amide bonds. The Morgan fingerprint density at radius 3 is 2.38 bits per heavy atom. The zero-order chi connectivity index (χ0) is 22.7. The number of esters is 1. The molecule has 0 saturated carbocycles. The van der Waals surface area contributed by atoms with Crippen LogP contribution < -0.4 is 4.74 Å². The number of para-hydroxylation sites is 1. The number of hydrogen-bond acceptors (Lipinski definition) is 3. The van der Waals surface area contributed by atoms with Gasteiger partial charge in [0.25, 0.3) is 0 Å². The lowest BCUT2D eigenvalue weighted by Gasteiger charge is -2.21. The Balaban J connectivity index is 1.43. The number of ether oxygens (including phenoxy) is 2. The predicted octanol–water partition coefficient (Wildman–Crippen LogP) is 7.05. The van der Waals surface area contributed by atoms with Gasteiger partial charge < -0.3 is 9.47 Å². The van der Waals surface area contributed by atoms with Crippen molar-refractivity contribution in [2.45, 2.75) is 40.7 Å². The molecule has 4 rings (SSSR count). The maximum absolute atomic E-state index is 13.1. The van der Waals surface area contributed by atoms with E-state index in [1.807, 2.05) is 54.6 Å². The number of fused-ring (bicyclic) bond motifs is 1. The second kappa shape index (κ2) is 9.44. The van der Waals surface area contributed by atoms with Gasteiger partial charge in [-0.1, -0.05) is 68.0 Å². The monoisotopic (exact) mass is 426 g/mol. The molecule has 0 bridgehead atoms. The van der Waals surface area contributed by atoms with Gasteiger partial charge in [-0.3, -0.25) is 4.79 Å². The van der Waals surface area contributed by atoms with Gasteiger partial charge in [0.2, 0.25) is 0 Å². The van der Waals surface area contributed by atoms with Crippen LogP contribution in [0, 0.1) is 25.7 Å². The number of hydrogen-bond donors (Lipinski definition) is 0. The van der Waals surface area contributed by atoms with Gasteiger partial charge in [-0.2, -0.15) is 0 Å². The highest BCUT2D eigenvalue weighted by molar-refractivity contribution is 5.80. The lowest BCUT2D eigenvalue weighted by atomic mass is 9.87. The largest absolute Gasteiger partial charge is 0.460 e. The minimum Gasteiger partial charge on any atom is -0.460 e. The van der Waals surface area contributed by atoms with E-state index in [-0.39, 0.29) is 24.4 Å².